The van der Waals surface area contributed by atoms with Crippen molar-refractivity contribution in [3.05, 3.63) is 5.21 Å². The van der Waals surface area contributed by atoms with Crippen molar-refractivity contribution in [2.75, 3.05) is 0 Å². The molecule has 0 unspecified atom stereocenters. The molecule has 0 aromatic carbocycles. The summed E-state index contributed by atoms with van der Waals surface area (Å²) in [6, 6.07) is 0. The van der Waals surface area contributed by atoms with Gasteiger partial charge in [-0.15, -0.1) is 8.42 Å². The van der Waals surface area contributed by atoms with E-state index in [1.54, 1.807) is 5.28 Å². The van der Waals surface area contributed by atoms with Crippen molar-refractivity contribution in [2.24, 2.45) is 5.28 Å². The summed E-state index contributed by atoms with van der Waals surface area (Å²) in [5, 5.41) is 18.5. The Morgan fingerprint density at radius 2 is 1.89 bits per heavy atom. The van der Waals surface area contributed by atoms with Gasteiger partial charge in [0.2, 0.25) is 5.28 Å². The molecule has 9 heavy (non-hydrogen) atoms. The van der Waals surface area contributed by atoms with Crippen LogP contribution in [0.5, 0.6) is 0 Å². The Balaban J connectivity index is 0. The van der Waals surface area contributed by atoms with Gasteiger partial charge in [-0.2, -0.15) is 0 Å². The van der Waals surface area contributed by atoms with Crippen molar-refractivity contribution in [2.45, 2.75) is 0 Å². The summed E-state index contributed by atoms with van der Waals surface area (Å²) < 4.78 is 25.3. The first-order valence-corrected chi connectivity index (χ1v) is 2.68. The van der Waals surface area contributed by atoms with Crippen LogP contribution in [0.1, 0.15) is 0 Å². The maximum atomic E-state index is 9.50. The van der Waals surface area contributed by atoms with Gasteiger partial charge in [-0.05, 0) is 0 Å². The number of hydrogen-bond acceptors (Lipinski definition) is 4. The van der Waals surface area contributed by atoms with Gasteiger partial charge in [0.15, 0.2) is 0 Å². The fraction of sp³-hybridized carbons (Fsp3) is 0. The van der Waals surface area contributed by atoms with Gasteiger partial charge in [0.25, 0.3) is 0 Å². The van der Waals surface area contributed by atoms with Crippen LogP contribution < -0.4 is 51.4 Å². The standard InChI is InChI=1S/K.H2N2O5S/c;3-1-2(4)8(5,6)7/h;3H,(H,5,6,7)/q+1;/b;2-1+. The molecule has 48 valence electrons. The summed E-state index contributed by atoms with van der Waals surface area (Å²) in [6.07, 6.45) is 0. The zero-order chi connectivity index (χ0) is 6.78. The number of nitrogens with zero attached hydrogens (tertiary/aromatic N) is 2. The van der Waals surface area contributed by atoms with Gasteiger partial charge in [-0.3, -0.25) is 0 Å². The van der Waals surface area contributed by atoms with Crippen molar-refractivity contribution in [3.63, 3.8) is 0 Å². The third kappa shape index (κ3) is 5.20. The fourth-order valence-corrected chi connectivity index (χ4v) is 0.138. The van der Waals surface area contributed by atoms with Crippen LogP contribution in [0.3, 0.4) is 0 Å². The van der Waals surface area contributed by atoms with E-state index in [0.29, 0.717) is 0 Å². The van der Waals surface area contributed by atoms with Gasteiger partial charge < -0.3 is 10.4 Å². The smallest absolute Gasteiger partial charge is 0.579 e. The molecular weight excluding hydrogens is 179 g/mol. The average Bonchev–Trinajstić information content (AvgIpc) is 1.62. The Morgan fingerprint density at radius 1 is 1.56 bits per heavy atom. The normalized spacial score (nSPS) is 12.3. The van der Waals surface area contributed by atoms with Crippen molar-refractivity contribution >= 4 is 10.3 Å². The SMILES string of the molecule is O=S(=O)(O)/[N+]([O-])=N/O.[K+]. The minimum absolute atomic E-state index is 0. The van der Waals surface area contributed by atoms with Crippen LogP contribution in [0.25, 0.3) is 0 Å². The second-order valence-electron chi connectivity index (χ2n) is 0.775. The first-order chi connectivity index (χ1) is 3.48. The molecule has 0 atom stereocenters. The molecule has 0 amide bonds. The van der Waals surface area contributed by atoms with Crippen LogP contribution in [-0.4, -0.2) is 22.4 Å². The molecule has 7 nitrogen and oxygen atoms in total. The first-order valence-electron chi connectivity index (χ1n) is 1.28. The Kier molecular flexibility index (Phi) is 6.27. The van der Waals surface area contributed by atoms with E-state index < -0.39 is 14.6 Å². The van der Waals surface area contributed by atoms with Gasteiger partial charge in [-0.1, -0.05) is 0 Å². The summed E-state index contributed by atoms with van der Waals surface area (Å²) in [5.41, 5.74) is 0. The summed E-state index contributed by atoms with van der Waals surface area (Å²) in [6.45, 7) is 0. The molecule has 0 aliphatic rings. The molecule has 0 spiro atoms. The molecule has 0 rings (SSSR count). The monoisotopic (exact) mass is 181 g/mol. The van der Waals surface area contributed by atoms with E-state index in [9.17, 15) is 13.6 Å². The van der Waals surface area contributed by atoms with E-state index >= 15 is 0 Å². The van der Waals surface area contributed by atoms with E-state index in [1.165, 1.54) is 0 Å². The number of hydrogen-bond donors (Lipinski definition) is 2. The quantitative estimate of drug-likeness (QED) is 0.141. The summed E-state index contributed by atoms with van der Waals surface area (Å²) in [4.78, 5) is 0. The molecule has 0 aliphatic heterocycles. The predicted molar refractivity (Wildman–Crippen MR) is 19.4 cm³/mol. The van der Waals surface area contributed by atoms with Gasteiger partial charge in [0.05, 0.1) is 4.27 Å². The summed E-state index contributed by atoms with van der Waals surface area (Å²) in [5.74, 6) is 0. The Hall–Kier alpha value is 0.746. The topological polar surface area (TPSA) is 113 Å². The van der Waals surface area contributed by atoms with Crippen molar-refractivity contribution in [3.8, 4) is 0 Å². The zero-order valence-corrected chi connectivity index (χ0v) is 8.36. The predicted octanol–water partition coefficient (Wildman–Crippen LogP) is -3.86. The van der Waals surface area contributed by atoms with Crippen molar-refractivity contribution < 1.29 is 73.8 Å². The molecule has 0 aromatic heterocycles. The van der Waals surface area contributed by atoms with Gasteiger partial charge >= 0.3 is 61.7 Å². The molecular formula is H2KN2O5S+. The van der Waals surface area contributed by atoms with Crippen LogP contribution in [0.15, 0.2) is 5.28 Å². The van der Waals surface area contributed by atoms with Gasteiger partial charge in [-0.25, -0.2) is 4.55 Å². The third-order valence-electron chi connectivity index (χ3n) is 0.270. The molecule has 0 radical (unpaired) electrons. The molecule has 0 aromatic rings. The van der Waals surface area contributed by atoms with Crippen LogP contribution >= 0.6 is 0 Å². The van der Waals surface area contributed by atoms with Crippen LogP contribution in [0.4, 0.5) is 0 Å². The molecule has 9 heteroatoms. The summed E-state index contributed by atoms with van der Waals surface area (Å²) >= 11 is 0. The van der Waals surface area contributed by atoms with Crippen molar-refractivity contribution in [1.82, 2.24) is 0 Å². The minimum Gasteiger partial charge on any atom is -0.579 e. The van der Waals surface area contributed by atoms with Crippen LogP contribution in [-0.2, 0) is 10.3 Å². The maximum absolute atomic E-state index is 9.50. The Morgan fingerprint density at radius 3 is 1.89 bits per heavy atom. The zero-order valence-electron chi connectivity index (χ0n) is 4.42. The maximum Gasteiger partial charge on any atom is 1.00 e. The van der Waals surface area contributed by atoms with Crippen molar-refractivity contribution in [1.29, 1.82) is 0 Å². The van der Waals surface area contributed by atoms with E-state index in [-0.39, 0.29) is 51.4 Å². The molecule has 0 aliphatic carbocycles. The van der Waals surface area contributed by atoms with Gasteiger partial charge in [0, 0.05) is 0 Å². The molecule has 0 saturated carbocycles. The number of rotatable bonds is 1. The molecule has 0 saturated heterocycles. The Bertz CT molecular complexity index is 191. The van der Waals surface area contributed by atoms with E-state index in [2.05, 4.69) is 0 Å². The molecule has 0 heterocycles. The van der Waals surface area contributed by atoms with E-state index in [4.69, 9.17) is 9.76 Å². The third-order valence-corrected chi connectivity index (χ3v) is 0.738. The van der Waals surface area contributed by atoms with Crippen LogP contribution in [0, 0.1) is 5.21 Å². The second kappa shape index (κ2) is 4.54. The Labute approximate surface area is 93.2 Å². The molecule has 0 bridgehead atoms. The van der Waals surface area contributed by atoms with Gasteiger partial charge in [0.1, 0.15) is 0 Å². The minimum atomic E-state index is -4.89. The molecule has 0 fully saturated rings. The fourth-order valence-electron chi connectivity index (χ4n) is 0.0461. The largest absolute Gasteiger partial charge is 1.00 e. The summed E-state index contributed by atoms with van der Waals surface area (Å²) in [7, 11) is -4.89. The second-order valence-corrected chi connectivity index (χ2v) is 1.98. The first kappa shape index (κ1) is 12.4. The van der Waals surface area contributed by atoms with Crippen LogP contribution in [0.2, 0.25) is 0 Å². The molecule has 2 N–H and O–H groups in total. The van der Waals surface area contributed by atoms with E-state index in [1.807, 2.05) is 0 Å². The average molecular weight is 181 g/mol. The van der Waals surface area contributed by atoms with E-state index in [0.717, 1.165) is 0 Å².